The van der Waals surface area contributed by atoms with Crippen LogP contribution in [0.3, 0.4) is 0 Å². The standard InChI is InChI=1S/C10H15N3OS/c1-11-4-2-9-12-8-6-15-5-3-7(8)10(14)13-9/h11H,2-6H2,1H3,(H,12,13,14). The fourth-order valence-corrected chi connectivity index (χ4v) is 2.60. The van der Waals surface area contributed by atoms with Crippen molar-refractivity contribution in [2.45, 2.75) is 18.6 Å². The molecule has 4 nitrogen and oxygen atoms in total. The first-order chi connectivity index (χ1) is 7.31. The van der Waals surface area contributed by atoms with E-state index in [1.54, 1.807) is 0 Å². The van der Waals surface area contributed by atoms with E-state index in [0.29, 0.717) is 0 Å². The van der Waals surface area contributed by atoms with Crippen molar-refractivity contribution in [2.75, 3.05) is 19.3 Å². The minimum absolute atomic E-state index is 0.0615. The molecule has 2 N–H and O–H groups in total. The number of H-pyrrole nitrogens is 1. The molecule has 2 rings (SSSR count). The van der Waals surface area contributed by atoms with Gasteiger partial charge in [0.1, 0.15) is 5.82 Å². The van der Waals surface area contributed by atoms with Crippen LogP contribution < -0.4 is 10.9 Å². The number of likely N-dealkylation sites (N-methyl/N-ethyl adjacent to an activating group) is 1. The third kappa shape index (κ3) is 2.41. The van der Waals surface area contributed by atoms with Gasteiger partial charge in [0.2, 0.25) is 0 Å². The van der Waals surface area contributed by atoms with Crippen molar-refractivity contribution in [3.63, 3.8) is 0 Å². The summed E-state index contributed by atoms with van der Waals surface area (Å²) in [5.41, 5.74) is 1.94. The maximum atomic E-state index is 11.7. The number of nitrogens with zero attached hydrogens (tertiary/aromatic N) is 1. The molecular weight excluding hydrogens is 210 g/mol. The van der Waals surface area contributed by atoms with Gasteiger partial charge in [-0.05, 0) is 19.2 Å². The van der Waals surface area contributed by atoms with Crippen LogP contribution in [0.4, 0.5) is 0 Å². The van der Waals surface area contributed by atoms with E-state index >= 15 is 0 Å². The zero-order chi connectivity index (χ0) is 10.7. The average molecular weight is 225 g/mol. The molecule has 2 heterocycles. The third-order valence-electron chi connectivity index (χ3n) is 2.50. The topological polar surface area (TPSA) is 57.8 Å². The molecule has 0 spiro atoms. The molecule has 0 unspecified atom stereocenters. The summed E-state index contributed by atoms with van der Waals surface area (Å²) in [5, 5.41) is 3.05. The van der Waals surface area contributed by atoms with E-state index in [4.69, 9.17) is 0 Å². The Morgan fingerprint density at radius 2 is 2.47 bits per heavy atom. The van der Waals surface area contributed by atoms with Crippen molar-refractivity contribution in [3.8, 4) is 0 Å². The lowest BCUT2D eigenvalue weighted by Crippen LogP contribution is -2.24. The average Bonchev–Trinajstić information content (AvgIpc) is 2.26. The van der Waals surface area contributed by atoms with Gasteiger partial charge in [-0.2, -0.15) is 11.8 Å². The molecule has 0 saturated carbocycles. The van der Waals surface area contributed by atoms with Crippen LogP contribution in [0.2, 0.25) is 0 Å². The van der Waals surface area contributed by atoms with Crippen LogP contribution in [0.15, 0.2) is 4.79 Å². The second kappa shape index (κ2) is 4.81. The zero-order valence-corrected chi connectivity index (χ0v) is 9.62. The fourth-order valence-electron chi connectivity index (χ4n) is 1.68. The largest absolute Gasteiger partial charge is 0.319 e. The van der Waals surface area contributed by atoms with Gasteiger partial charge in [-0.15, -0.1) is 0 Å². The number of hydrogen-bond donors (Lipinski definition) is 2. The molecule has 0 bridgehead atoms. The molecule has 5 heteroatoms. The van der Waals surface area contributed by atoms with Crippen LogP contribution in [0.1, 0.15) is 17.1 Å². The Balaban J connectivity index is 2.28. The van der Waals surface area contributed by atoms with Gasteiger partial charge in [0.15, 0.2) is 0 Å². The first kappa shape index (κ1) is 10.7. The summed E-state index contributed by atoms with van der Waals surface area (Å²) in [6, 6.07) is 0. The van der Waals surface area contributed by atoms with E-state index in [-0.39, 0.29) is 5.56 Å². The molecule has 0 aliphatic carbocycles. The van der Waals surface area contributed by atoms with E-state index in [0.717, 1.165) is 48.0 Å². The van der Waals surface area contributed by atoms with Crippen LogP contribution in [-0.4, -0.2) is 29.3 Å². The van der Waals surface area contributed by atoms with E-state index in [1.165, 1.54) is 0 Å². The number of aromatic amines is 1. The summed E-state index contributed by atoms with van der Waals surface area (Å²) in [6.07, 6.45) is 1.64. The highest BCUT2D eigenvalue weighted by Gasteiger charge is 2.15. The van der Waals surface area contributed by atoms with E-state index in [2.05, 4.69) is 15.3 Å². The molecule has 0 fully saturated rings. The number of thioether (sulfide) groups is 1. The smallest absolute Gasteiger partial charge is 0.254 e. The van der Waals surface area contributed by atoms with Gasteiger partial charge < -0.3 is 10.3 Å². The van der Waals surface area contributed by atoms with Crippen molar-refractivity contribution < 1.29 is 0 Å². The van der Waals surface area contributed by atoms with Gasteiger partial charge in [-0.25, -0.2) is 4.98 Å². The molecule has 0 aromatic carbocycles. The molecule has 0 atom stereocenters. The van der Waals surface area contributed by atoms with Gasteiger partial charge in [0, 0.05) is 24.3 Å². The van der Waals surface area contributed by atoms with Gasteiger partial charge in [0.25, 0.3) is 5.56 Å². The maximum absolute atomic E-state index is 11.7. The van der Waals surface area contributed by atoms with Crippen LogP contribution >= 0.6 is 11.8 Å². The summed E-state index contributed by atoms with van der Waals surface area (Å²) < 4.78 is 0. The van der Waals surface area contributed by atoms with Gasteiger partial charge in [-0.3, -0.25) is 4.79 Å². The van der Waals surface area contributed by atoms with Crippen molar-refractivity contribution in [1.82, 2.24) is 15.3 Å². The van der Waals surface area contributed by atoms with Crippen LogP contribution in [0, 0.1) is 0 Å². The van der Waals surface area contributed by atoms with Crippen LogP contribution in [-0.2, 0) is 18.6 Å². The highest BCUT2D eigenvalue weighted by atomic mass is 32.2. The van der Waals surface area contributed by atoms with E-state index in [9.17, 15) is 4.79 Å². The molecule has 0 saturated heterocycles. The first-order valence-electron chi connectivity index (χ1n) is 5.14. The van der Waals surface area contributed by atoms with Gasteiger partial charge >= 0.3 is 0 Å². The van der Waals surface area contributed by atoms with Gasteiger partial charge in [-0.1, -0.05) is 0 Å². The van der Waals surface area contributed by atoms with Crippen molar-refractivity contribution in [1.29, 1.82) is 0 Å². The Morgan fingerprint density at radius 3 is 3.27 bits per heavy atom. The molecule has 0 radical (unpaired) electrons. The monoisotopic (exact) mass is 225 g/mol. The third-order valence-corrected chi connectivity index (χ3v) is 3.47. The molecule has 1 aromatic rings. The summed E-state index contributed by atoms with van der Waals surface area (Å²) >= 11 is 1.85. The lowest BCUT2D eigenvalue weighted by atomic mass is 10.2. The summed E-state index contributed by atoms with van der Waals surface area (Å²) in [7, 11) is 1.90. The van der Waals surface area contributed by atoms with Crippen molar-refractivity contribution >= 4 is 11.8 Å². The lowest BCUT2D eigenvalue weighted by molar-refractivity contribution is 0.740. The van der Waals surface area contributed by atoms with Crippen molar-refractivity contribution in [2.24, 2.45) is 0 Å². The molecule has 1 aliphatic heterocycles. The summed E-state index contributed by atoms with van der Waals surface area (Å²) in [4.78, 5) is 19.1. The minimum Gasteiger partial charge on any atom is -0.319 e. The van der Waals surface area contributed by atoms with Crippen LogP contribution in [0.5, 0.6) is 0 Å². The number of aromatic nitrogens is 2. The quantitative estimate of drug-likeness (QED) is 0.778. The molecule has 82 valence electrons. The molecule has 1 aromatic heterocycles. The Morgan fingerprint density at radius 1 is 1.60 bits per heavy atom. The van der Waals surface area contributed by atoms with Crippen LogP contribution in [0.25, 0.3) is 0 Å². The Bertz CT molecular complexity index is 402. The highest BCUT2D eigenvalue weighted by molar-refractivity contribution is 7.98. The number of nitrogens with one attached hydrogen (secondary N) is 2. The van der Waals surface area contributed by atoms with Gasteiger partial charge in [0.05, 0.1) is 5.69 Å². The molecular formula is C10H15N3OS. The normalized spacial score (nSPS) is 15.0. The second-order valence-electron chi connectivity index (χ2n) is 3.59. The zero-order valence-electron chi connectivity index (χ0n) is 8.80. The second-order valence-corrected chi connectivity index (χ2v) is 4.70. The molecule has 0 amide bonds. The molecule has 1 aliphatic rings. The molecule has 15 heavy (non-hydrogen) atoms. The first-order valence-corrected chi connectivity index (χ1v) is 6.30. The number of fused-ring (bicyclic) bond motifs is 1. The van der Waals surface area contributed by atoms with E-state index < -0.39 is 0 Å². The maximum Gasteiger partial charge on any atom is 0.254 e. The Labute approximate surface area is 92.9 Å². The summed E-state index contributed by atoms with van der Waals surface area (Å²) in [6.45, 7) is 0.842. The van der Waals surface area contributed by atoms with E-state index in [1.807, 2.05) is 18.8 Å². The minimum atomic E-state index is 0.0615. The Kier molecular flexibility index (Phi) is 3.43. The highest BCUT2D eigenvalue weighted by Crippen LogP contribution is 2.19. The Hall–Kier alpha value is -0.810. The predicted molar refractivity (Wildman–Crippen MR) is 62.4 cm³/mol. The number of hydrogen-bond acceptors (Lipinski definition) is 4. The SMILES string of the molecule is CNCCc1nc2c(c(=O)[nH]1)CCSC2. The summed E-state index contributed by atoms with van der Waals surface area (Å²) in [5.74, 6) is 2.72. The fraction of sp³-hybridized carbons (Fsp3) is 0.600. The lowest BCUT2D eigenvalue weighted by Gasteiger charge is -2.14. The predicted octanol–water partition coefficient (Wildman–Crippen LogP) is 0.321. The number of rotatable bonds is 3. The van der Waals surface area contributed by atoms with Crippen molar-refractivity contribution in [3.05, 3.63) is 27.4 Å².